The molecule has 0 radical (unpaired) electrons. The molecule has 1 heterocycles. The van der Waals surface area contributed by atoms with Gasteiger partial charge in [-0.2, -0.15) is 0 Å². The van der Waals surface area contributed by atoms with Crippen LogP contribution in [0.2, 0.25) is 0 Å². The van der Waals surface area contributed by atoms with E-state index in [1.807, 2.05) is 0 Å². The SMILES string of the molecule is CC/C=C\C/C=C\C/C=C\C/C=C\C/C=C\C/C=C\CCCCCCC(=O)OC(COCCCCCCCCCCC/C=C\C/C=C\C/C=C\CCCCCCC)COC1OC(CO)C(O)C(O)C1O. The molecule has 9 nitrogen and oxygen atoms in total. The summed E-state index contributed by atoms with van der Waals surface area (Å²) >= 11 is 0. The summed E-state index contributed by atoms with van der Waals surface area (Å²) in [5, 5.41) is 40.3. The molecule has 0 bridgehead atoms. The number of unbranched alkanes of at least 4 members (excludes halogenated alkanes) is 18. The van der Waals surface area contributed by atoms with Gasteiger partial charge in [0.05, 0.1) is 19.8 Å². The highest BCUT2D eigenvalue weighted by Gasteiger charge is 2.44. The molecule has 0 amide bonds. The van der Waals surface area contributed by atoms with E-state index in [2.05, 4.69) is 123 Å². The molecule has 0 aliphatic carbocycles. The molecule has 0 aromatic rings. The second-order valence-electron chi connectivity index (χ2n) is 18.6. The number of aliphatic hydroxyl groups excluding tert-OH is 4. The highest BCUT2D eigenvalue weighted by molar-refractivity contribution is 5.69. The van der Waals surface area contributed by atoms with Crippen molar-refractivity contribution in [3.05, 3.63) is 109 Å². The second kappa shape index (κ2) is 50.8. The summed E-state index contributed by atoms with van der Waals surface area (Å²) in [5.41, 5.74) is 0. The third-order valence-corrected chi connectivity index (χ3v) is 12.2. The zero-order chi connectivity index (χ0) is 50.6. The Morgan fingerprint density at radius 1 is 0.471 bits per heavy atom. The second-order valence-corrected chi connectivity index (χ2v) is 18.6. The fourth-order valence-electron chi connectivity index (χ4n) is 7.85. The van der Waals surface area contributed by atoms with Gasteiger partial charge in [0.1, 0.15) is 30.5 Å². The molecule has 0 aromatic carbocycles. The molecule has 6 unspecified atom stereocenters. The van der Waals surface area contributed by atoms with E-state index >= 15 is 0 Å². The number of carbonyl (C=O) groups excluding carboxylic acids is 1. The highest BCUT2D eigenvalue weighted by atomic mass is 16.7. The van der Waals surface area contributed by atoms with Crippen LogP contribution in [0.4, 0.5) is 0 Å². The minimum Gasteiger partial charge on any atom is -0.457 e. The van der Waals surface area contributed by atoms with Crippen molar-refractivity contribution in [2.24, 2.45) is 0 Å². The van der Waals surface area contributed by atoms with Crippen LogP contribution in [0.15, 0.2) is 109 Å². The molecular formula is C61H102O9. The maximum atomic E-state index is 12.9. The molecule has 9 heteroatoms. The Bertz CT molecular complexity index is 1440. The van der Waals surface area contributed by atoms with Gasteiger partial charge in [-0.1, -0.05) is 207 Å². The minimum absolute atomic E-state index is 0.123. The zero-order valence-electron chi connectivity index (χ0n) is 44.2. The molecule has 1 aliphatic rings. The van der Waals surface area contributed by atoms with Crippen molar-refractivity contribution in [1.29, 1.82) is 0 Å². The van der Waals surface area contributed by atoms with Gasteiger partial charge in [-0.25, -0.2) is 0 Å². The quantitative estimate of drug-likeness (QED) is 0.0267. The number of esters is 1. The van der Waals surface area contributed by atoms with Gasteiger partial charge in [-0.3, -0.25) is 4.79 Å². The van der Waals surface area contributed by atoms with E-state index in [-0.39, 0.29) is 25.6 Å². The Labute approximate surface area is 427 Å². The van der Waals surface area contributed by atoms with Crippen LogP contribution in [0, 0.1) is 0 Å². The average molecular weight is 979 g/mol. The normalized spacial score (nSPS) is 19.8. The molecule has 70 heavy (non-hydrogen) atoms. The third kappa shape index (κ3) is 40.4. The monoisotopic (exact) mass is 979 g/mol. The summed E-state index contributed by atoms with van der Waals surface area (Å²) in [5.74, 6) is -0.343. The molecule has 400 valence electrons. The summed E-state index contributed by atoms with van der Waals surface area (Å²) in [7, 11) is 0. The van der Waals surface area contributed by atoms with Crippen molar-refractivity contribution in [3.63, 3.8) is 0 Å². The first-order valence-corrected chi connectivity index (χ1v) is 28.0. The van der Waals surface area contributed by atoms with Crippen molar-refractivity contribution >= 4 is 5.97 Å². The van der Waals surface area contributed by atoms with Crippen LogP contribution in [-0.2, 0) is 23.7 Å². The molecule has 4 N–H and O–H groups in total. The summed E-state index contributed by atoms with van der Waals surface area (Å²) in [4.78, 5) is 12.9. The van der Waals surface area contributed by atoms with Crippen LogP contribution in [-0.4, -0.2) is 89.6 Å². The van der Waals surface area contributed by atoms with Crippen molar-refractivity contribution < 1.29 is 44.2 Å². The van der Waals surface area contributed by atoms with E-state index in [1.165, 1.54) is 83.5 Å². The summed E-state index contributed by atoms with van der Waals surface area (Å²) in [6.07, 6.45) is 65.5. The number of hydrogen-bond donors (Lipinski definition) is 4. The van der Waals surface area contributed by atoms with Crippen LogP contribution in [0.3, 0.4) is 0 Å². The van der Waals surface area contributed by atoms with Gasteiger partial charge < -0.3 is 39.4 Å². The number of rotatable bonds is 47. The van der Waals surface area contributed by atoms with Crippen molar-refractivity contribution in [3.8, 4) is 0 Å². The highest BCUT2D eigenvalue weighted by Crippen LogP contribution is 2.23. The van der Waals surface area contributed by atoms with Crippen LogP contribution < -0.4 is 0 Å². The Morgan fingerprint density at radius 2 is 0.871 bits per heavy atom. The van der Waals surface area contributed by atoms with E-state index in [1.54, 1.807) is 0 Å². The average Bonchev–Trinajstić information content (AvgIpc) is 3.36. The third-order valence-electron chi connectivity index (χ3n) is 12.2. The smallest absolute Gasteiger partial charge is 0.306 e. The fraction of sp³-hybridized carbons (Fsp3) is 0.689. The first-order chi connectivity index (χ1) is 34.4. The van der Waals surface area contributed by atoms with Crippen LogP contribution in [0.1, 0.15) is 206 Å². The topological polar surface area (TPSA) is 135 Å². The zero-order valence-corrected chi connectivity index (χ0v) is 44.2. The van der Waals surface area contributed by atoms with Crippen LogP contribution in [0.5, 0.6) is 0 Å². The van der Waals surface area contributed by atoms with Gasteiger partial charge in [0.15, 0.2) is 6.29 Å². The predicted molar refractivity (Wildman–Crippen MR) is 293 cm³/mol. The van der Waals surface area contributed by atoms with E-state index < -0.39 is 43.4 Å². The van der Waals surface area contributed by atoms with E-state index in [9.17, 15) is 25.2 Å². The Balaban J connectivity index is 2.22. The lowest BCUT2D eigenvalue weighted by Crippen LogP contribution is -2.59. The van der Waals surface area contributed by atoms with Gasteiger partial charge in [0.25, 0.3) is 0 Å². The number of ether oxygens (including phenoxy) is 4. The largest absolute Gasteiger partial charge is 0.457 e. The minimum atomic E-state index is -1.55. The summed E-state index contributed by atoms with van der Waals surface area (Å²) in [6, 6.07) is 0. The summed E-state index contributed by atoms with van der Waals surface area (Å²) in [6.45, 7) is 4.38. The maximum absolute atomic E-state index is 12.9. The van der Waals surface area contributed by atoms with Crippen molar-refractivity contribution in [1.82, 2.24) is 0 Å². The van der Waals surface area contributed by atoms with Crippen LogP contribution >= 0.6 is 0 Å². The predicted octanol–water partition coefficient (Wildman–Crippen LogP) is 14.5. The first-order valence-electron chi connectivity index (χ1n) is 28.0. The molecule has 6 atom stereocenters. The van der Waals surface area contributed by atoms with E-state index in [0.29, 0.717) is 6.61 Å². The molecule has 0 spiro atoms. The van der Waals surface area contributed by atoms with Gasteiger partial charge in [0.2, 0.25) is 0 Å². The molecular weight excluding hydrogens is 877 g/mol. The standard InChI is InChI=1S/C61H102O9/c1-3-5-7-9-11-13-15-17-19-21-23-25-27-29-31-33-35-37-39-41-43-45-47-49-51-67-53-55(54-68-61-60(66)59(65)58(64)56(52-62)70-61)69-57(63)50-48-46-44-42-40-38-36-34-32-30-28-26-24-22-20-18-16-14-12-10-8-6-4-2/h6,8,12,14-15,17-18,20-21,23-24,26-27,29-30,32,36,38,55-56,58-62,64-66H,3-5,7,9-11,13,16,19,22,25,28,31,33-35,37,39-54H2,1-2H3/b8-6-,14-12-,17-15-,20-18-,23-21-,26-24-,29-27-,32-30-,38-36-. The Kier molecular flexibility index (Phi) is 47.1. The lowest BCUT2D eigenvalue weighted by atomic mass is 9.99. The van der Waals surface area contributed by atoms with E-state index in [0.717, 1.165) is 103 Å². The van der Waals surface area contributed by atoms with Crippen molar-refractivity contribution in [2.75, 3.05) is 26.4 Å². The maximum Gasteiger partial charge on any atom is 0.306 e. The summed E-state index contributed by atoms with van der Waals surface area (Å²) < 4.78 is 22.9. The van der Waals surface area contributed by atoms with Crippen LogP contribution in [0.25, 0.3) is 0 Å². The fourth-order valence-corrected chi connectivity index (χ4v) is 7.85. The molecule has 0 aromatic heterocycles. The van der Waals surface area contributed by atoms with E-state index in [4.69, 9.17) is 18.9 Å². The molecule has 1 fully saturated rings. The van der Waals surface area contributed by atoms with Gasteiger partial charge >= 0.3 is 5.97 Å². The number of allylic oxidation sites excluding steroid dienone is 18. The van der Waals surface area contributed by atoms with Crippen molar-refractivity contribution in [2.45, 2.75) is 243 Å². The Morgan fingerprint density at radius 3 is 1.31 bits per heavy atom. The number of hydrogen-bond acceptors (Lipinski definition) is 9. The lowest BCUT2D eigenvalue weighted by Gasteiger charge is -2.39. The molecule has 1 rings (SSSR count). The first kappa shape index (κ1) is 64.9. The van der Waals surface area contributed by atoms with Gasteiger partial charge in [-0.05, 0) is 103 Å². The number of carbonyl (C=O) groups is 1. The lowest BCUT2D eigenvalue weighted by molar-refractivity contribution is -0.305. The molecule has 1 saturated heterocycles. The van der Waals surface area contributed by atoms with Gasteiger partial charge in [-0.15, -0.1) is 0 Å². The molecule has 0 saturated carbocycles. The molecule has 1 aliphatic heterocycles. The van der Waals surface area contributed by atoms with Gasteiger partial charge in [0, 0.05) is 13.0 Å². The Hall–Kier alpha value is -3.15. The number of aliphatic hydroxyl groups is 4.